The minimum atomic E-state index is -3.87. The monoisotopic (exact) mass is 1590 g/mol. The van der Waals surface area contributed by atoms with E-state index in [-0.39, 0.29) is 78.0 Å². The molecule has 612 valence electrons. The van der Waals surface area contributed by atoms with Crippen LogP contribution in [0.1, 0.15) is 56.7 Å². The maximum Gasteiger partial charge on any atom is 0.275 e. The van der Waals surface area contributed by atoms with Crippen molar-refractivity contribution < 1.29 is 130 Å². The van der Waals surface area contributed by atoms with Crippen LogP contribution < -0.4 is 42.4 Å². The summed E-state index contributed by atoms with van der Waals surface area (Å²) in [6.07, 6.45) is 0.952. The Morgan fingerprint density at radius 2 is 0.844 bits per heavy atom. The van der Waals surface area contributed by atoms with Crippen LogP contribution in [0, 0.1) is 30.2 Å². The van der Waals surface area contributed by atoms with E-state index in [9.17, 15) is 63.8 Å². The Labute approximate surface area is 633 Å². The lowest BCUT2D eigenvalue weighted by atomic mass is 10.1. The zero-order valence-corrected chi connectivity index (χ0v) is 63.8. The average Bonchev–Trinajstić information content (AvgIpc) is 0.825. The van der Waals surface area contributed by atoms with Gasteiger partial charge in [-0.25, -0.2) is 39.1 Å². The van der Waals surface area contributed by atoms with Crippen LogP contribution in [0.5, 0.6) is 23.0 Å². The van der Waals surface area contributed by atoms with Gasteiger partial charge in [0.25, 0.3) is 17.7 Å². The van der Waals surface area contributed by atoms with E-state index in [1.165, 1.54) is 63.6 Å². The Morgan fingerprint density at radius 3 is 1.20 bits per heavy atom. The van der Waals surface area contributed by atoms with Crippen molar-refractivity contribution in [2.45, 2.75) is 64.1 Å². The lowest BCUT2D eigenvalue weighted by molar-refractivity contribution is -0.145. The van der Waals surface area contributed by atoms with Crippen molar-refractivity contribution in [1.29, 1.82) is 0 Å². The molecule has 0 heterocycles. The summed E-state index contributed by atoms with van der Waals surface area (Å²) in [5.74, 6) is -8.44. The second kappa shape index (κ2) is 57.1. The number of nitrogens with zero attached hydrogens (tertiary/aromatic N) is 2. The number of rotatable bonds is 55. The summed E-state index contributed by atoms with van der Waals surface area (Å²) in [5, 5.41) is 21.9. The van der Waals surface area contributed by atoms with Gasteiger partial charge < -0.3 is 105 Å². The quantitative estimate of drug-likeness (QED) is 0.0102. The van der Waals surface area contributed by atoms with Crippen molar-refractivity contribution in [2.24, 2.45) is 32.9 Å². The Hall–Kier alpha value is -8.00. The van der Waals surface area contributed by atoms with Crippen molar-refractivity contribution in [3.05, 3.63) is 124 Å². The number of carbonyl (C=O) groups excluding carboxylic acids is 4. The van der Waals surface area contributed by atoms with Gasteiger partial charge in [-0.15, -0.1) is 0 Å². The second-order valence-corrected chi connectivity index (χ2v) is 26.9. The molecule has 109 heavy (non-hydrogen) atoms. The summed E-state index contributed by atoms with van der Waals surface area (Å²) in [5.41, 5.74) is 21.9. The van der Waals surface area contributed by atoms with Gasteiger partial charge in [-0.05, 0) is 124 Å². The van der Waals surface area contributed by atoms with E-state index < -0.39 is 102 Å². The normalized spacial score (nSPS) is 12.2. The van der Waals surface area contributed by atoms with E-state index in [0.717, 1.165) is 29.8 Å². The summed E-state index contributed by atoms with van der Waals surface area (Å²) in [6, 6.07) is 15.8. The molecule has 12 N–H and O–H groups in total. The summed E-state index contributed by atoms with van der Waals surface area (Å²) in [4.78, 5) is 53.6. The lowest BCUT2D eigenvalue weighted by Gasteiger charge is -2.16. The predicted molar refractivity (Wildman–Crippen MR) is 395 cm³/mol. The molecule has 0 saturated carbocycles. The summed E-state index contributed by atoms with van der Waals surface area (Å²) in [7, 11) is -5.33. The van der Waals surface area contributed by atoms with Crippen LogP contribution in [0.25, 0.3) is 12.2 Å². The number of ketones is 1. The van der Waals surface area contributed by atoms with Gasteiger partial charge in [-0.1, -0.05) is 17.7 Å². The van der Waals surface area contributed by atoms with Crippen LogP contribution >= 0.6 is 0 Å². The molecule has 0 aromatic heterocycles. The van der Waals surface area contributed by atoms with Crippen LogP contribution in [0.3, 0.4) is 0 Å². The molecule has 4 aromatic carbocycles. The number of Topliss-reactive ketones (excluding diaryl/α,β-unsaturated/α-hetero) is 1. The highest BCUT2D eigenvalue weighted by Gasteiger charge is 2.29. The number of nitrogens with one attached hydrogen (secondary N) is 2. The van der Waals surface area contributed by atoms with Gasteiger partial charge in [0.15, 0.2) is 58.6 Å². The molecular weight excluding hydrogens is 1490 g/mol. The van der Waals surface area contributed by atoms with E-state index in [0.29, 0.717) is 151 Å². The Bertz CT molecular complexity index is 3630. The number of sulfonamides is 1. The standard InChI is InChI=1S/C29H40F2N4O9S.C24H47NO13S.C18H17F2N3O2/c1-3-39-10-11-41-14-15-43-17-16-42-13-12-40-9-8-34-45(37,38)24-6-4-23(5-7-24)44-27-25(30)19-22(20-26(27)31)18-21(2)28(36)35-29(32)33;1-32-7-3-5-21(26)22(27)23(28)24(29)25-6-9-34-11-13-36-15-17-38-19-18-37-16-14-35-12-10-33-8-4-20-39(2,30)31;1-10-3-5-13(6-4-10)25-16-14(19)8-12(9-15(16)20)7-11(2)17(24)23-18(21)22/h4-7,18-20,34H,3,8-17H2,1-2H3,(H4,32,33,35,36);22-23,27-28H,3-20H2,1-2H3,(H,25,29);3-9H,1-2H3,(H4,21,22,23,24)/b21-18+;;11-7+. The fourth-order valence-corrected chi connectivity index (χ4v) is 9.93. The number of aliphatic hydroxyl groups excluding tert-OH is 2. The molecular formula is C71H104F4N8O24S2. The number of amides is 3. The van der Waals surface area contributed by atoms with Crippen molar-refractivity contribution in [3.8, 4) is 23.0 Å². The van der Waals surface area contributed by atoms with Crippen molar-refractivity contribution in [1.82, 2.24) is 10.0 Å². The van der Waals surface area contributed by atoms with Gasteiger partial charge in [-0.3, -0.25) is 19.2 Å². The van der Waals surface area contributed by atoms with E-state index in [1.54, 1.807) is 24.3 Å². The number of hydrogen-bond acceptors (Lipinski definition) is 24. The smallest absolute Gasteiger partial charge is 0.275 e. The van der Waals surface area contributed by atoms with Gasteiger partial charge in [0.2, 0.25) is 10.0 Å². The number of halogens is 4. The number of aliphatic hydroxyl groups is 2. The third-order valence-corrected chi connectivity index (χ3v) is 16.2. The molecule has 0 fully saturated rings. The minimum absolute atomic E-state index is 0.00580. The van der Waals surface area contributed by atoms with Crippen molar-refractivity contribution >= 4 is 67.4 Å². The number of methoxy groups -OCH3 is 1. The molecule has 0 aliphatic heterocycles. The molecule has 0 bridgehead atoms. The molecule has 2 atom stereocenters. The third kappa shape index (κ3) is 46.3. The number of carbonyl (C=O) groups is 4. The van der Waals surface area contributed by atoms with Crippen LogP contribution in [0.4, 0.5) is 17.6 Å². The molecule has 0 aliphatic rings. The molecule has 0 spiro atoms. The molecule has 4 aromatic rings. The van der Waals surface area contributed by atoms with E-state index in [2.05, 4.69) is 20.0 Å². The van der Waals surface area contributed by atoms with Crippen LogP contribution in [0.15, 0.2) is 98.8 Å². The topological polar surface area (TPSA) is 459 Å². The zero-order valence-electron chi connectivity index (χ0n) is 62.2. The third-order valence-electron chi connectivity index (χ3n) is 13.6. The minimum Gasteiger partial charge on any atom is -0.451 e. The molecule has 2 unspecified atom stereocenters. The molecule has 4 rings (SSSR count). The molecule has 0 saturated heterocycles. The highest BCUT2D eigenvalue weighted by atomic mass is 32.2. The lowest BCUT2D eigenvalue weighted by Crippen LogP contribution is -2.46. The second-order valence-electron chi connectivity index (χ2n) is 22.9. The SMILES string of the molecule is C/C(=C\c1cc(F)c(Oc2ccc(C)cc2)c(F)c1)C(=O)N=C(N)N.CCOCCOCCOCCOCCOCCNS(=O)(=O)c1ccc(Oc2c(F)cc(/C=C(\C)C(=O)N=C(N)N)cc2F)cc1.COCCCC(=O)C(O)C(O)C(=O)NCCOCCOCCOCCOCCOCCOCCCS(C)(=O)=O. The van der Waals surface area contributed by atoms with Gasteiger partial charge >= 0.3 is 0 Å². The van der Waals surface area contributed by atoms with Gasteiger partial charge in [-0.2, -0.15) is 9.98 Å². The number of guanidine groups is 2. The first-order valence-electron chi connectivity index (χ1n) is 34.3. The molecule has 32 nitrogen and oxygen atoms in total. The van der Waals surface area contributed by atoms with Gasteiger partial charge in [0.05, 0.1) is 143 Å². The van der Waals surface area contributed by atoms with Crippen molar-refractivity contribution in [3.63, 3.8) is 0 Å². The summed E-state index contributed by atoms with van der Waals surface area (Å²) >= 11 is 0. The number of sulfone groups is 1. The van der Waals surface area contributed by atoms with E-state index in [4.69, 9.17) is 89.3 Å². The largest absolute Gasteiger partial charge is 0.451 e. The number of ether oxygens (including phenoxy) is 14. The first-order chi connectivity index (χ1) is 52.0. The average molecular weight is 1590 g/mol. The fourth-order valence-electron chi connectivity index (χ4n) is 8.27. The first kappa shape index (κ1) is 97.1. The Balaban J connectivity index is 0.000000576. The van der Waals surface area contributed by atoms with Crippen LogP contribution in [-0.4, -0.2) is 259 Å². The maximum absolute atomic E-state index is 14.6. The van der Waals surface area contributed by atoms with E-state index >= 15 is 0 Å². The molecule has 0 aliphatic carbocycles. The maximum atomic E-state index is 14.6. The summed E-state index contributed by atoms with van der Waals surface area (Å²) in [6.45, 7) is 15.8. The van der Waals surface area contributed by atoms with Gasteiger partial charge in [0, 0.05) is 63.8 Å². The summed E-state index contributed by atoms with van der Waals surface area (Å²) < 4.78 is 181. The number of aryl methyl sites for hydroxylation is 1. The van der Waals surface area contributed by atoms with Crippen molar-refractivity contribution in [2.75, 3.05) is 184 Å². The predicted octanol–water partition coefficient (Wildman–Crippen LogP) is 3.96. The number of aliphatic imine (C=N–C) groups is 2. The molecule has 38 heteroatoms. The van der Waals surface area contributed by atoms with Crippen LogP contribution in [0.2, 0.25) is 0 Å². The first-order valence-corrected chi connectivity index (χ1v) is 37.9. The Kier molecular flexibility index (Phi) is 50.9. The van der Waals surface area contributed by atoms with Crippen LogP contribution in [-0.2, 0) is 95.9 Å². The molecule has 3 amide bonds. The zero-order chi connectivity index (χ0) is 80.8. The van der Waals surface area contributed by atoms with Gasteiger partial charge in [0.1, 0.15) is 27.4 Å². The highest BCUT2D eigenvalue weighted by Crippen LogP contribution is 2.32. The number of nitrogens with two attached hydrogens (primary N) is 4. The number of hydrogen-bond donors (Lipinski definition) is 8. The fraction of sp³-hybridized carbons (Fsp3) is 0.521. The molecule has 0 radical (unpaired) electrons. The highest BCUT2D eigenvalue weighted by molar-refractivity contribution is 7.90. The van der Waals surface area contributed by atoms with E-state index in [1.807, 2.05) is 13.8 Å². The Morgan fingerprint density at radius 1 is 0.495 bits per heavy atom. The number of benzene rings is 4.